The quantitative estimate of drug-likeness (QED) is 0.675. The number of hydrogen-bond acceptors (Lipinski definition) is 7. The maximum atomic E-state index is 12.2. The number of anilines is 1. The van der Waals surface area contributed by atoms with Crippen LogP contribution in [0.3, 0.4) is 0 Å². The second-order valence-electron chi connectivity index (χ2n) is 5.42. The van der Waals surface area contributed by atoms with Gasteiger partial charge in [-0.05, 0) is 36.4 Å². The van der Waals surface area contributed by atoms with Gasteiger partial charge in [0, 0.05) is 23.2 Å². The molecule has 8 heteroatoms. The summed E-state index contributed by atoms with van der Waals surface area (Å²) < 4.78 is 5.35. The van der Waals surface area contributed by atoms with Gasteiger partial charge in [0.25, 0.3) is 5.89 Å². The lowest BCUT2D eigenvalue weighted by Crippen LogP contribution is -2.13. The zero-order valence-corrected chi connectivity index (χ0v) is 14.3. The average molecular weight is 358 g/mol. The SMILES string of the molecule is O=C(CSc1ccncc1)Nc1ccsc1-c1nc(C2CC2)no1. The van der Waals surface area contributed by atoms with Gasteiger partial charge in [0.15, 0.2) is 5.82 Å². The Morgan fingerprint density at radius 2 is 2.17 bits per heavy atom. The van der Waals surface area contributed by atoms with Crippen LogP contribution in [-0.4, -0.2) is 26.8 Å². The lowest BCUT2D eigenvalue weighted by atomic mass is 10.3. The molecule has 1 aliphatic carbocycles. The molecule has 0 aliphatic heterocycles. The van der Waals surface area contributed by atoms with E-state index in [1.165, 1.54) is 23.1 Å². The Hall–Kier alpha value is -2.19. The summed E-state index contributed by atoms with van der Waals surface area (Å²) in [5.41, 5.74) is 0.714. The van der Waals surface area contributed by atoms with Crippen molar-refractivity contribution in [3.8, 4) is 10.8 Å². The molecule has 1 aliphatic rings. The first-order valence-electron chi connectivity index (χ1n) is 7.54. The first-order valence-corrected chi connectivity index (χ1v) is 9.40. The third-order valence-electron chi connectivity index (χ3n) is 3.54. The van der Waals surface area contributed by atoms with Crippen LogP contribution >= 0.6 is 23.1 Å². The zero-order valence-electron chi connectivity index (χ0n) is 12.6. The van der Waals surface area contributed by atoms with Crippen LogP contribution in [0.1, 0.15) is 24.6 Å². The van der Waals surface area contributed by atoms with Crippen LogP contribution in [0.5, 0.6) is 0 Å². The van der Waals surface area contributed by atoms with E-state index < -0.39 is 0 Å². The number of rotatable bonds is 6. The Labute approximate surface area is 146 Å². The number of thioether (sulfide) groups is 1. The molecule has 0 unspecified atom stereocenters. The summed E-state index contributed by atoms with van der Waals surface area (Å²) >= 11 is 2.95. The second-order valence-corrected chi connectivity index (χ2v) is 7.38. The molecule has 4 rings (SSSR count). The van der Waals surface area contributed by atoms with Crippen LogP contribution in [0.25, 0.3) is 10.8 Å². The minimum Gasteiger partial charge on any atom is -0.333 e. The lowest BCUT2D eigenvalue weighted by molar-refractivity contribution is -0.113. The smallest absolute Gasteiger partial charge is 0.270 e. The van der Waals surface area contributed by atoms with E-state index in [4.69, 9.17) is 4.52 Å². The highest BCUT2D eigenvalue weighted by Gasteiger charge is 2.29. The van der Waals surface area contributed by atoms with Crippen molar-refractivity contribution in [1.29, 1.82) is 0 Å². The third-order valence-corrected chi connectivity index (χ3v) is 5.45. The molecule has 3 aromatic heterocycles. The van der Waals surface area contributed by atoms with Crippen molar-refractivity contribution in [2.75, 3.05) is 11.1 Å². The van der Waals surface area contributed by atoms with E-state index in [9.17, 15) is 4.79 Å². The Morgan fingerprint density at radius 3 is 2.96 bits per heavy atom. The summed E-state index contributed by atoms with van der Waals surface area (Å²) in [6, 6.07) is 5.62. The van der Waals surface area contributed by atoms with E-state index in [2.05, 4.69) is 20.4 Å². The van der Waals surface area contributed by atoms with Crippen molar-refractivity contribution < 1.29 is 9.32 Å². The van der Waals surface area contributed by atoms with E-state index in [1.54, 1.807) is 12.4 Å². The number of amides is 1. The minimum atomic E-state index is -0.0709. The van der Waals surface area contributed by atoms with Gasteiger partial charge in [-0.3, -0.25) is 9.78 Å². The van der Waals surface area contributed by atoms with Crippen molar-refractivity contribution in [1.82, 2.24) is 15.1 Å². The normalized spacial score (nSPS) is 13.8. The van der Waals surface area contributed by atoms with Crippen LogP contribution in [0, 0.1) is 0 Å². The topological polar surface area (TPSA) is 80.9 Å². The molecule has 0 radical (unpaired) electrons. The Balaban J connectivity index is 1.41. The number of nitrogens with zero attached hydrogens (tertiary/aromatic N) is 3. The van der Waals surface area contributed by atoms with E-state index in [0.29, 0.717) is 23.2 Å². The summed E-state index contributed by atoms with van der Waals surface area (Å²) in [5.74, 6) is 1.94. The lowest BCUT2D eigenvalue weighted by Gasteiger charge is -2.04. The van der Waals surface area contributed by atoms with Crippen molar-refractivity contribution in [3.63, 3.8) is 0 Å². The monoisotopic (exact) mass is 358 g/mol. The Kier molecular flexibility index (Phi) is 4.31. The molecule has 1 amide bonds. The van der Waals surface area contributed by atoms with Crippen LogP contribution in [0.15, 0.2) is 45.4 Å². The number of aromatic nitrogens is 3. The molecule has 3 heterocycles. The molecular formula is C16H14N4O2S2. The number of hydrogen-bond donors (Lipinski definition) is 1. The van der Waals surface area contributed by atoms with E-state index in [0.717, 1.165) is 28.4 Å². The molecule has 0 spiro atoms. The molecule has 0 atom stereocenters. The van der Waals surface area contributed by atoms with Gasteiger partial charge in [-0.15, -0.1) is 23.1 Å². The molecular weight excluding hydrogens is 344 g/mol. The predicted octanol–water partition coefficient (Wildman–Crippen LogP) is 3.80. The number of thiophene rings is 1. The highest BCUT2D eigenvalue weighted by Crippen LogP contribution is 2.40. The molecule has 6 nitrogen and oxygen atoms in total. The predicted molar refractivity (Wildman–Crippen MR) is 93.2 cm³/mol. The summed E-state index contributed by atoms with van der Waals surface area (Å²) in [6.07, 6.45) is 5.67. The van der Waals surface area contributed by atoms with Gasteiger partial charge in [0.2, 0.25) is 5.91 Å². The second kappa shape index (κ2) is 6.74. The first kappa shape index (κ1) is 15.3. The van der Waals surface area contributed by atoms with Crippen LogP contribution in [0.2, 0.25) is 0 Å². The van der Waals surface area contributed by atoms with Crippen molar-refractivity contribution >= 4 is 34.7 Å². The highest BCUT2D eigenvalue weighted by atomic mass is 32.2. The molecule has 122 valence electrons. The van der Waals surface area contributed by atoms with Gasteiger partial charge in [0.05, 0.1) is 11.4 Å². The molecule has 0 aromatic carbocycles. The Bertz CT molecular complexity index is 843. The average Bonchev–Trinajstić information content (AvgIpc) is 3.16. The molecule has 24 heavy (non-hydrogen) atoms. The van der Waals surface area contributed by atoms with Gasteiger partial charge >= 0.3 is 0 Å². The molecule has 0 bridgehead atoms. The van der Waals surface area contributed by atoms with Gasteiger partial charge in [-0.2, -0.15) is 4.98 Å². The number of carbonyl (C=O) groups excluding carboxylic acids is 1. The highest BCUT2D eigenvalue weighted by molar-refractivity contribution is 8.00. The minimum absolute atomic E-state index is 0.0709. The largest absolute Gasteiger partial charge is 0.333 e. The van der Waals surface area contributed by atoms with Gasteiger partial charge in [0.1, 0.15) is 4.88 Å². The van der Waals surface area contributed by atoms with Gasteiger partial charge in [-0.1, -0.05) is 5.16 Å². The van der Waals surface area contributed by atoms with Crippen molar-refractivity contribution in [2.45, 2.75) is 23.7 Å². The standard InChI is InChI=1S/C16H14N4O2S2/c21-13(9-24-11-3-6-17-7-4-11)18-12-5-8-23-14(12)16-19-15(20-22-16)10-1-2-10/h3-8,10H,1-2,9H2,(H,18,21). The third kappa shape index (κ3) is 3.49. The fourth-order valence-corrected chi connectivity index (χ4v) is 3.63. The first-order chi connectivity index (χ1) is 11.8. The molecule has 0 saturated heterocycles. The fraction of sp³-hybridized carbons (Fsp3) is 0.250. The molecule has 1 fully saturated rings. The zero-order chi connectivity index (χ0) is 16.4. The number of carbonyl (C=O) groups is 1. The summed E-state index contributed by atoms with van der Waals surface area (Å²) in [5, 5.41) is 8.85. The number of pyridine rings is 1. The Morgan fingerprint density at radius 1 is 1.33 bits per heavy atom. The van der Waals surface area contributed by atoms with Gasteiger partial charge < -0.3 is 9.84 Å². The maximum absolute atomic E-state index is 12.2. The van der Waals surface area contributed by atoms with Gasteiger partial charge in [-0.25, -0.2) is 0 Å². The molecule has 1 saturated carbocycles. The van der Waals surface area contributed by atoms with Crippen molar-refractivity contribution in [2.24, 2.45) is 0 Å². The van der Waals surface area contributed by atoms with E-state index in [1.807, 2.05) is 23.6 Å². The van der Waals surface area contributed by atoms with E-state index >= 15 is 0 Å². The van der Waals surface area contributed by atoms with Crippen LogP contribution < -0.4 is 5.32 Å². The fourth-order valence-electron chi connectivity index (χ4n) is 2.18. The molecule has 3 aromatic rings. The number of nitrogens with one attached hydrogen (secondary N) is 1. The molecule has 1 N–H and O–H groups in total. The van der Waals surface area contributed by atoms with Crippen LogP contribution in [0.4, 0.5) is 5.69 Å². The summed E-state index contributed by atoms with van der Waals surface area (Å²) in [7, 11) is 0. The van der Waals surface area contributed by atoms with Crippen LogP contribution in [-0.2, 0) is 4.79 Å². The van der Waals surface area contributed by atoms with E-state index in [-0.39, 0.29) is 5.91 Å². The maximum Gasteiger partial charge on any atom is 0.270 e. The summed E-state index contributed by atoms with van der Waals surface area (Å²) in [6.45, 7) is 0. The van der Waals surface area contributed by atoms with Crippen molar-refractivity contribution in [3.05, 3.63) is 41.8 Å². The summed E-state index contributed by atoms with van der Waals surface area (Å²) in [4.78, 5) is 22.4.